The summed E-state index contributed by atoms with van der Waals surface area (Å²) in [6.07, 6.45) is 2.24. The van der Waals surface area contributed by atoms with Gasteiger partial charge in [0.15, 0.2) is 0 Å². The van der Waals surface area contributed by atoms with Crippen molar-refractivity contribution in [2.24, 2.45) is 0 Å². The first kappa shape index (κ1) is 10.3. The second-order valence-corrected chi connectivity index (χ2v) is 2.65. The molecule has 0 aliphatic carbocycles. The molecule has 3 heteroatoms. The molecule has 1 nitrogen and oxygen atoms in total. The third-order valence-corrected chi connectivity index (χ3v) is 1.89. The van der Waals surface area contributed by atoms with E-state index in [1.54, 1.807) is 12.3 Å². The Balaban J connectivity index is 0.000000845. The van der Waals surface area contributed by atoms with Gasteiger partial charge in [-0.25, -0.2) is 4.39 Å². The van der Waals surface area contributed by atoms with Crippen LogP contribution in [-0.2, 0) is 23.2 Å². The molecule has 2 rings (SSSR count). The molecule has 1 aromatic heterocycles. The molecule has 0 aliphatic rings. The van der Waals surface area contributed by atoms with Crippen LogP contribution in [0, 0.1) is 12.7 Å². The maximum absolute atomic E-state index is 12.8. The van der Waals surface area contributed by atoms with Crippen molar-refractivity contribution < 1.29 is 25.6 Å². The summed E-state index contributed by atoms with van der Waals surface area (Å²) < 4.78 is 18.0. The van der Waals surface area contributed by atoms with Gasteiger partial charge in [-0.2, -0.15) is 6.42 Å². The summed E-state index contributed by atoms with van der Waals surface area (Å²) >= 11 is 0. The van der Waals surface area contributed by atoms with E-state index in [1.807, 2.05) is 0 Å². The predicted molar refractivity (Wildman–Crippen MR) is 45.2 cm³/mol. The van der Waals surface area contributed by atoms with E-state index in [2.05, 4.69) is 6.92 Å². The molecule has 13 heavy (non-hydrogen) atoms. The van der Waals surface area contributed by atoms with Crippen LogP contribution in [0.15, 0.2) is 28.9 Å². The summed E-state index contributed by atoms with van der Waals surface area (Å²) in [6.45, 7) is 3.73. The van der Waals surface area contributed by atoms with E-state index in [1.165, 1.54) is 12.1 Å². The van der Waals surface area contributed by atoms with E-state index in [4.69, 9.17) is 4.42 Å². The third kappa shape index (κ3) is 1.76. The van der Waals surface area contributed by atoms with Gasteiger partial charge in [-0.15, -0.1) is 0 Å². The first-order chi connectivity index (χ1) is 5.81. The van der Waals surface area contributed by atoms with E-state index >= 15 is 0 Å². The Bertz CT molecular complexity index is 408. The average Bonchev–Trinajstić information content (AvgIpc) is 2.46. The van der Waals surface area contributed by atoms with Gasteiger partial charge in [0.05, 0.1) is 6.26 Å². The zero-order chi connectivity index (χ0) is 8.55. The number of hydrogen-bond acceptors (Lipinski definition) is 1. The minimum atomic E-state index is -0.237. The number of benzene rings is 1. The van der Waals surface area contributed by atoms with Crippen molar-refractivity contribution in [1.29, 1.82) is 0 Å². The minimum Gasteiger partial charge on any atom is -0.464 e. The second-order valence-electron chi connectivity index (χ2n) is 2.65. The fraction of sp³-hybridized carbons (Fsp3) is 0.100. The zero-order valence-corrected chi connectivity index (χ0v) is 7.88. The minimum absolute atomic E-state index is 0. The third-order valence-electron chi connectivity index (χ3n) is 1.89. The maximum Gasteiger partial charge on any atom is 0.134 e. The molecule has 0 bridgehead atoms. The van der Waals surface area contributed by atoms with Crippen molar-refractivity contribution in [1.82, 2.24) is 0 Å². The fourth-order valence-electron chi connectivity index (χ4n) is 1.25. The molecule has 0 fully saturated rings. The van der Waals surface area contributed by atoms with Gasteiger partial charge < -0.3 is 11.3 Å². The van der Waals surface area contributed by atoms with Crippen LogP contribution in [-0.4, -0.2) is 0 Å². The molecule has 0 atom stereocenters. The smallest absolute Gasteiger partial charge is 0.134 e. The molecule has 0 aliphatic heterocycles. The molecule has 1 radical (unpaired) electrons. The Morgan fingerprint density at radius 1 is 1.38 bits per heavy atom. The van der Waals surface area contributed by atoms with E-state index in [-0.39, 0.29) is 22.6 Å². The largest absolute Gasteiger partial charge is 0.464 e. The number of halogens is 1. The monoisotopic (exact) mass is 222 g/mol. The Morgan fingerprint density at radius 2 is 2.15 bits per heavy atom. The summed E-state index contributed by atoms with van der Waals surface area (Å²) in [5.41, 5.74) is 1.67. The molecular formula is C10H8CoFO-. The summed E-state index contributed by atoms with van der Waals surface area (Å²) in [6, 6.07) is 4.49. The van der Waals surface area contributed by atoms with Crippen molar-refractivity contribution in [2.75, 3.05) is 0 Å². The second kappa shape index (κ2) is 3.94. The summed E-state index contributed by atoms with van der Waals surface area (Å²) in [5.74, 6) is -0.237. The van der Waals surface area contributed by atoms with Crippen LogP contribution < -0.4 is 0 Å². The standard InChI is InChI=1S/C10H8FO.Co/c1-2-7-6-12-10-4-3-8(11)5-9(7)10;/h3-6H,1-2H2;/q-1;. The van der Waals surface area contributed by atoms with Gasteiger partial charge >= 0.3 is 0 Å². The first-order valence-electron chi connectivity index (χ1n) is 3.76. The van der Waals surface area contributed by atoms with E-state index in [9.17, 15) is 4.39 Å². The van der Waals surface area contributed by atoms with Crippen LogP contribution in [0.2, 0.25) is 0 Å². The van der Waals surface area contributed by atoms with Crippen molar-refractivity contribution in [2.45, 2.75) is 6.42 Å². The van der Waals surface area contributed by atoms with Crippen molar-refractivity contribution in [3.8, 4) is 0 Å². The predicted octanol–water partition coefficient (Wildman–Crippen LogP) is 2.95. The Labute approximate surface area is 86.1 Å². The number of rotatable bonds is 1. The average molecular weight is 222 g/mol. The van der Waals surface area contributed by atoms with Crippen molar-refractivity contribution in [3.63, 3.8) is 0 Å². The number of furan rings is 1. The van der Waals surface area contributed by atoms with E-state index in [0.717, 1.165) is 16.5 Å². The van der Waals surface area contributed by atoms with Crippen LogP contribution in [0.25, 0.3) is 11.0 Å². The molecule has 0 saturated heterocycles. The fourth-order valence-corrected chi connectivity index (χ4v) is 1.25. The van der Waals surface area contributed by atoms with Crippen molar-refractivity contribution in [3.05, 3.63) is 42.8 Å². The maximum atomic E-state index is 12.8. The van der Waals surface area contributed by atoms with E-state index in [0.29, 0.717) is 6.42 Å². The van der Waals surface area contributed by atoms with Crippen LogP contribution in [0.1, 0.15) is 5.56 Å². The van der Waals surface area contributed by atoms with Gasteiger partial charge in [0.2, 0.25) is 0 Å². The molecule has 0 spiro atoms. The van der Waals surface area contributed by atoms with Gasteiger partial charge in [-0.1, -0.05) is 0 Å². The molecule has 0 N–H and O–H groups in total. The quantitative estimate of drug-likeness (QED) is 0.676. The molecular weight excluding hydrogens is 214 g/mol. The van der Waals surface area contributed by atoms with Crippen LogP contribution >= 0.6 is 0 Å². The summed E-state index contributed by atoms with van der Waals surface area (Å²) in [7, 11) is 0. The Hall–Kier alpha value is -0.804. The van der Waals surface area contributed by atoms with Crippen LogP contribution in [0.3, 0.4) is 0 Å². The number of fused-ring (bicyclic) bond motifs is 1. The van der Waals surface area contributed by atoms with Crippen molar-refractivity contribution >= 4 is 11.0 Å². The van der Waals surface area contributed by atoms with Gasteiger partial charge in [0.25, 0.3) is 0 Å². The molecule has 2 aromatic rings. The molecule has 1 heterocycles. The summed E-state index contributed by atoms with van der Waals surface area (Å²) in [5, 5.41) is 0.824. The molecule has 0 saturated carbocycles. The van der Waals surface area contributed by atoms with Gasteiger partial charge in [0.1, 0.15) is 11.4 Å². The molecule has 0 amide bonds. The van der Waals surface area contributed by atoms with E-state index < -0.39 is 0 Å². The van der Waals surface area contributed by atoms with Gasteiger partial charge in [-0.3, -0.25) is 0 Å². The zero-order valence-electron chi connectivity index (χ0n) is 6.84. The normalized spacial score (nSPS) is 10.0. The van der Waals surface area contributed by atoms with Gasteiger partial charge in [0, 0.05) is 22.2 Å². The Morgan fingerprint density at radius 3 is 2.85 bits per heavy atom. The number of hydrogen-bond donors (Lipinski definition) is 0. The van der Waals surface area contributed by atoms with Gasteiger partial charge in [-0.05, 0) is 23.8 Å². The summed E-state index contributed by atoms with van der Waals surface area (Å²) in [4.78, 5) is 0. The first-order valence-corrected chi connectivity index (χ1v) is 3.76. The molecule has 1 aromatic carbocycles. The Kier molecular flexibility index (Phi) is 3.11. The van der Waals surface area contributed by atoms with Crippen LogP contribution in [0.4, 0.5) is 4.39 Å². The SMILES string of the molecule is [CH2-]Cc1coc2ccc(F)cc12.[Co]. The van der Waals surface area contributed by atoms with Crippen LogP contribution in [0.5, 0.6) is 0 Å². The molecule has 71 valence electrons. The topological polar surface area (TPSA) is 13.1 Å². The molecule has 0 unspecified atom stereocenters.